The molecule has 0 N–H and O–H groups in total. The highest BCUT2D eigenvalue weighted by molar-refractivity contribution is 7.13. The molecule has 0 unspecified atom stereocenters. The lowest BCUT2D eigenvalue weighted by Gasteiger charge is -2.00. The minimum atomic E-state index is -4.46. The number of hydrogen-bond donors (Lipinski definition) is 0. The van der Waals surface area contributed by atoms with Gasteiger partial charge in [0.15, 0.2) is 16.5 Å². The number of alkyl halides is 3. The molecule has 0 atom stereocenters. The third-order valence-electron chi connectivity index (χ3n) is 2.34. The Balaban J connectivity index is 1.99. The number of hydrogen-bond acceptors (Lipinski definition) is 6. The summed E-state index contributed by atoms with van der Waals surface area (Å²) < 4.78 is 37.5. The van der Waals surface area contributed by atoms with Crippen molar-refractivity contribution in [1.29, 1.82) is 0 Å². The third kappa shape index (κ3) is 2.54. The Labute approximate surface area is 119 Å². The van der Waals surface area contributed by atoms with E-state index in [4.69, 9.17) is 0 Å². The van der Waals surface area contributed by atoms with E-state index in [1.165, 1.54) is 17.5 Å². The zero-order valence-electron chi connectivity index (χ0n) is 9.63. The summed E-state index contributed by atoms with van der Waals surface area (Å²) in [5.74, 6) is 0.163. The Bertz CT molecular complexity index is 721. The third-order valence-corrected chi connectivity index (χ3v) is 3.76. The molecular formula is C11H5F3N4S2. The fraction of sp³-hybridized carbons (Fsp3) is 0.0909. The first-order chi connectivity index (χ1) is 9.54. The van der Waals surface area contributed by atoms with Crippen LogP contribution in [0.15, 0.2) is 28.5 Å². The summed E-state index contributed by atoms with van der Waals surface area (Å²) in [7, 11) is 0. The Hall–Kier alpha value is -1.87. The first-order valence-electron chi connectivity index (χ1n) is 5.29. The van der Waals surface area contributed by atoms with Crippen molar-refractivity contribution in [2.24, 2.45) is 0 Å². The van der Waals surface area contributed by atoms with Gasteiger partial charge < -0.3 is 0 Å². The molecular weight excluding hydrogens is 309 g/mol. The van der Waals surface area contributed by atoms with Crippen LogP contribution in [0.2, 0.25) is 0 Å². The van der Waals surface area contributed by atoms with Crippen LogP contribution in [0.4, 0.5) is 13.2 Å². The molecule has 0 amide bonds. The first kappa shape index (κ1) is 13.1. The molecule has 0 saturated heterocycles. The van der Waals surface area contributed by atoms with Crippen molar-refractivity contribution < 1.29 is 13.2 Å². The predicted molar refractivity (Wildman–Crippen MR) is 69.3 cm³/mol. The molecule has 3 rings (SSSR count). The van der Waals surface area contributed by atoms with Crippen LogP contribution in [-0.2, 0) is 6.18 Å². The van der Waals surface area contributed by atoms with Crippen LogP contribution in [-0.4, -0.2) is 19.9 Å². The van der Waals surface area contributed by atoms with Gasteiger partial charge in [-0.15, -0.1) is 22.7 Å². The van der Waals surface area contributed by atoms with Gasteiger partial charge in [-0.2, -0.15) is 13.2 Å². The fourth-order valence-electron chi connectivity index (χ4n) is 1.45. The average Bonchev–Trinajstić information content (AvgIpc) is 3.10. The van der Waals surface area contributed by atoms with Gasteiger partial charge in [0.25, 0.3) is 0 Å². The molecule has 0 radical (unpaired) electrons. The van der Waals surface area contributed by atoms with E-state index in [0.717, 1.165) is 16.7 Å². The van der Waals surface area contributed by atoms with Gasteiger partial charge in [-0.05, 0) is 6.07 Å². The van der Waals surface area contributed by atoms with Crippen LogP contribution in [0.3, 0.4) is 0 Å². The second-order valence-electron chi connectivity index (χ2n) is 3.67. The molecule has 9 heteroatoms. The molecule has 0 aliphatic rings. The van der Waals surface area contributed by atoms with Crippen LogP contribution in [0.5, 0.6) is 0 Å². The van der Waals surface area contributed by atoms with Gasteiger partial charge in [0.05, 0.1) is 16.9 Å². The average molecular weight is 314 g/mol. The van der Waals surface area contributed by atoms with Gasteiger partial charge in [-0.3, -0.25) is 0 Å². The van der Waals surface area contributed by atoms with Crippen LogP contribution in [0, 0.1) is 0 Å². The van der Waals surface area contributed by atoms with Gasteiger partial charge in [0.1, 0.15) is 0 Å². The standard InChI is InChI=1S/C11H5F3N4S2/c12-11(13,14)8-4-20-10(18-8)9-15-2-1-6(17-9)7-3-19-5-16-7/h1-5H. The minimum absolute atomic E-state index is 0.134. The summed E-state index contributed by atoms with van der Waals surface area (Å²) in [6.45, 7) is 0. The molecule has 0 bridgehead atoms. The van der Waals surface area contributed by atoms with E-state index in [-0.39, 0.29) is 10.8 Å². The van der Waals surface area contributed by atoms with Gasteiger partial charge in [0, 0.05) is 17.0 Å². The van der Waals surface area contributed by atoms with Gasteiger partial charge >= 0.3 is 6.18 Å². The lowest BCUT2D eigenvalue weighted by Crippen LogP contribution is -2.05. The molecule has 3 aromatic heterocycles. The second kappa shape index (κ2) is 4.91. The summed E-state index contributed by atoms with van der Waals surface area (Å²) in [5, 5.41) is 2.89. The zero-order chi connectivity index (χ0) is 14.2. The monoisotopic (exact) mass is 314 g/mol. The smallest absolute Gasteiger partial charge is 0.243 e. The Morgan fingerprint density at radius 1 is 1.00 bits per heavy atom. The summed E-state index contributed by atoms with van der Waals surface area (Å²) in [6.07, 6.45) is -2.98. The van der Waals surface area contributed by atoms with Gasteiger partial charge in [0.2, 0.25) is 0 Å². The van der Waals surface area contributed by atoms with E-state index < -0.39 is 11.9 Å². The summed E-state index contributed by atoms with van der Waals surface area (Å²) >= 11 is 2.27. The SMILES string of the molecule is FC(F)(F)c1csc(-c2nccc(-c3cscn3)n2)n1. The van der Waals surface area contributed by atoms with Crippen molar-refractivity contribution in [3.05, 3.63) is 34.2 Å². The molecule has 3 aromatic rings. The normalized spacial score (nSPS) is 11.8. The quantitative estimate of drug-likeness (QED) is 0.723. The highest BCUT2D eigenvalue weighted by Crippen LogP contribution is 2.32. The molecule has 20 heavy (non-hydrogen) atoms. The van der Waals surface area contributed by atoms with Crippen molar-refractivity contribution >= 4 is 22.7 Å². The first-order valence-corrected chi connectivity index (χ1v) is 7.11. The highest BCUT2D eigenvalue weighted by Gasteiger charge is 2.34. The lowest BCUT2D eigenvalue weighted by atomic mass is 10.3. The number of thiazole rings is 2. The Morgan fingerprint density at radius 2 is 1.85 bits per heavy atom. The molecule has 0 aromatic carbocycles. The molecule has 102 valence electrons. The van der Waals surface area contributed by atoms with Crippen molar-refractivity contribution in [3.63, 3.8) is 0 Å². The van der Waals surface area contributed by atoms with Crippen molar-refractivity contribution in [3.8, 4) is 22.2 Å². The van der Waals surface area contributed by atoms with Gasteiger partial charge in [-0.1, -0.05) is 0 Å². The Morgan fingerprint density at radius 3 is 2.50 bits per heavy atom. The Kier molecular flexibility index (Phi) is 3.22. The number of aromatic nitrogens is 4. The predicted octanol–water partition coefficient (Wildman–Crippen LogP) is 3.74. The minimum Gasteiger partial charge on any atom is -0.243 e. The number of nitrogens with zero attached hydrogens (tertiary/aromatic N) is 4. The fourth-order valence-corrected chi connectivity index (χ4v) is 2.76. The van der Waals surface area contributed by atoms with Gasteiger partial charge in [-0.25, -0.2) is 19.9 Å². The molecule has 0 spiro atoms. The van der Waals surface area contributed by atoms with E-state index in [9.17, 15) is 13.2 Å². The zero-order valence-corrected chi connectivity index (χ0v) is 11.3. The molecule has 4 nitrogen and oxygen atoms in total. The summed E-state index contributed by atoms with van der Waals surface area (Å²) in [5.41, 5.74) is 1.94. The van der Waals surface area contributed by atoms with Crippen molar-refractivity contribution in [1.82, 2.24) is 19.9 Å². The molecule has 3 heterocycles. The highest BCUT2D eigenvalue weighted by atomic mass is 32.1. The molecule has 0 aliphatic heterocycles. The molecule has 0 saturated carbocycles. The summed E-state index contributed by atoms with van der Waals surface area (Å²) in [4.78, 5) is 15.8. The largest absolute Gasteiger partial charge is 0.434 e. The second-order valence-corrected chi connectivity index (χ2v) is 5.25. The maximum Gasteiger partial charge on any atom is 0.434 e. The van der Waals surface area contributed by atoms with Crippen molar-refractivity contribution in [2.45, 2.75) is 6.18 Å². The van der Waals surface area contributed by atoms with E-state index >= 15 is 0 Å². The van der Waals surface area contributed by atoms with Crippen LogP contribution in [0.1, 0.15) is 5.69 Å². The number of rotatable bonds is 2. The van der Waals surface area contributed by atoms with Crippen LogP contribution >= 0.6 is 22.7 Å². The topological polar surface area (TPSA) is 51.6 Å². The van der Waals surface area contributed by atoms with E-state index in [0.29, 0.717) is 11.4 Å². The summed E-state index contributed by atoms with van der Waals surface area (Å²) in [6, 6.07) is 1.65. The van der Waals surface area contributed by atoms with Crippen molar-refractivity contribution in [2.75, 3.05) is 0 Å². The van der Waals surface area contributed by atoms with Crippen LogP contribution < -0.4 is 0 Å². The van der Waals surface area contributed by atoms with E-state index in [1.807, 2.05) is 0 Å². The van der Waals surface area contributed by atoms with E-state index in [2.05, 4.69) is 19.9 Å². The maximum absolute atomic E-state index is 12.5. The van der Waals surface area contributed by atoms with E-state index in [1.54, 1.807) is 17.0 Å². The lowest BCUT2D eigenvalue weighted by molar-refractivity contribution is -0.140. The molecule has 0 aliphatic carbocycles. The number of halogens is 3. The van der Waals surface area contributed by atoms with Crippen LogP contribution in [0.25, 0.3) is 22.2 Å². The molecule has 0 fully saturated rings. The maximum atomic E-state index is 12.5.